The molecular weight excluding hydrogens is 318 g/mol. The number of halogens is 1. The summed E-state index contributed by atoms with van der Waals surface area (Å²) in [7, 11) is 0. The van der Waals surface area contributed by atoms with Gasteiger partial charge in [0.1, 0.15) is 6.61 Å². The Morgan fingerprint density at radius 2 is 1.91 bits per heavy atom. The van der Waals surface area contributed by atoms with Crippen molar-refractivity contribution in [3.63, 3.8) is 0 Å². The molecule has 0 heterocycles. The first-order chi connectivity index (χ1) is 11.0. The van der Waals surface area contributed by atoms with Gasteiger partial charge in [-0.15, -0.1) is 0 Å². The lowest BCUT2D eigenvalue weighted by Crippen LogP contribution is -2.52. The molecule has 1 aromatic rings. The number of nitrogens with one attached hydrogen (secondary N) is 1. The molecule has 2 N–H and O–H groups in total. The van der Waals surface area contributed by atoms with Crippen LogP contribution in [-0.4, -0.2) is 29.7 Å². The lowest BCUT2D eigenvalue weighted by molar-refractivity contribution is -0.149. The number of amides is 1. The largest absolute Gasteiger partial charge is 0.479 e. The highest BCUT2D eigenvalue weighted by atomic mass is 35.5. The lowest BCUT2D eigenvalue weighted by atomic mass is 9.87. The van der Waals surface area contributed by atoms with Crippen LogP contribution in [0.5, 0.6) is 0 Å². The first-order valence-electron chi connectivity index (χ1n) is 7.90. The third-order valence-electron chi connectivity index (χ3n) is 4.34. The van der Waals surface area contributed by atoms with Crippen molar-refractivity contribution in [1.29, 1.82) is 0 Å². The van der Waals surface area contributed by atoms with Crippen molar-refractivity contribution < 1.29 is 19.4 Å². The second-order valence-electron chi connectivity index (χ2n) is 5.84. The van der Waals surface area contributed by atoms with Crippen molar-refractivity contribution >= 4 is 23.5 Å². The van der Waals surface area contributed by atoms with Crippen molar-refractivity contribution in [3.8, 4) is 0 Å². The average Bonchev–Trinajstić information content (AvgIpc) is 3.05. The molecule has 1 fully saturated rings. The van der Waals surface area contributed by atoms with Crippen LogP contribution in [-0.2, 0) is 19.9 Å². The van der Waals surface area contributed by atoms with Gasteiger partial charge in [-0.1, -0.05) is 43.5 Å². The van der Waals surface area contributed by atoms with Crippen LogP contribution in [0.25, 0.3) is 0 Å². The maximum atomic E-state index is 12.2. The summed E-state index contributed by atoms with van der Waals surface area (Å²) in [5, 5.41) is 12.8. The first kappa shape index (κ1) is 17.8. The van der Waals surface area contributed by atoms with Crippen LogP contribution in [0.3, 0.4) is 0 Å². The second-order valence-corrected chi connectivity index (χ2v) is 6.27. The summed E-state index contributed by atoms with van der Waals surface area (Å²) in [6.07, 6.45) is 4.48. The van der Waals surface area contributed by atoms with Gasteiger partial charge >= 0.3 is 5.97 Å². The van der Waals surface area contributed by atoms with E-state index in [1.807, 2.05) is 0 Å². The van der Waals surface area contributed by atoms with Crippen LogP contribution in [0.4, 0.5) is 0 Å². The SMILES string of the molecule is CCC(NC(=O)COC1CCCC1)(C(=O)O)c1ccc(Cl)cc1. The highest BCUT2D eigenvalue weighted by Gasteiger charge is 2.40. The Kier molecular flexibility index (Phi) is 6.02. The van der Waals surface area contributed by atoms with Gasteiger partial charge in [0.05, 0.1) is 6.10 Å². The van der Waals surface area contributed by atoms with Gasteiger partial charge < -0.3 is 15.2 Å². The fraction of sp³-hybridized carbons (Fsp3) is 0.529. The van der Waals surface area contributed by atoms with Crippen molar-refractivity contribution in [1.82, 2.24) is 5.32 Å². The molecule has 1 atom stereocenters. The third kappa shape index (κ3) is 4.24. The van der Waals surface area contributed by atoms with Crippen LogP contribution in [0.15, 0.2) is 24.3 Å². The number of rotatable bonds is 7. The number of carboxylic acid groups (broad SMARTS) is 1. The zero-order valence-electron chi connectivity index (χ0n) is 13.2. The molecule has 126 valence electrons. The number of aliphatic carboxylic acids is 1. The molecule has 1 saturated carbocycles. The Morgan fingerprint density at radius 3 is 2.43 bits per heavy atom. The van der Waals surface area contributed by atoms with E-state index < -0.39 is 17.4 Å². The van der Waals surface area contributed by atoms with Gasteiger partial charge in [-0.25, -0.2) is 4.79 Å². The number of hydrogen-bond acceptors (Lipinski definition) is 3. The van der Waals surface area contributed by atoms with Crippen LogP contribution in [0.1, 0.15) is 44.6 Å². The van der Waals surface area contributed by atoms with Gasteiger partial charge in [-0.05, 0) is 37.0 Å². The molecule has 5 nitrogen and oxygen atoms in total. The Balaban J connectivity index is 2.09. The Bertz CT molecular complexity index is 554. The van der Waals surface area contributed by atoms with E-state index in [1.54, 1.807) is 31.2 Å². The number of benzene rings is 1. The minimum Gasteiger partial charge on any atom is -0.479 e. The van der Waals surface area contributed by atoms with E-state index in [0.29, 0.717) is 10.6 Å². The van der Waals surface area contributed by atoms with E-state index in [2.05, 4.69) is 5.32 Å². The maximum Gasteiger partial charge on any atom is 0.334 e. The van der Waals surface area contributed by atoms with E-state index in [4.69, 9.17) is 16.3 Å². The van der Waals surface area contributed by atoms with E-state index in [-0.39, 0.29) is 19.1 Å². The quantitative estimate of drug-likeness (QED) is 0.800. The summed E-state index contributed by atoms with van der Waals surface area (Å²) in [4.78, 5) is 24.0. The number of carbonyl (C=O) groups excluding carboxylic acids is 1. The van der Waals surface area contributed by atoms with E-state index in [1.165, 1.54) is 0 Å². The highest BCUT2D eigenvalue weighted by Crippen LogP contribution is 2.27. The summed E-state index contributed by atoms with van der Waals surface area (Å²) in [5.41, 5.74) is -0.980. The molecule has 0 aromatic heterocycles. The Morgan fingerprint density at radius 1 is 1.30 bits per heavy atom. The molecule has 1 aromatic carbocycles. The topological polar surface area (TPSA) is 75.6 Å². The maximum absolute atomic E-state index is 12.2. The van der Waals surface area contributed by atoms with Crippen molar-refractivity contribution in [2.75, 3.05) is 6.61 Å². The zero-order valence-corrected chi connectivity index (χ0v) is 13.9. The molecule has 23 heavy (non-hydrogen) atoms. The summed E-state index contributed by atoms with van der Waals surface area (Å²) in [6, 6.07) is 6.48. The third-order valence-corrected chi connectivity index (χ3v) is 4.59. The van der Waals surface area contributed by atoms with E-state index >= 15 is 0 Å². The molecule has 6 heteroatoms. The van der Waals surface area contributed by atoms with Crippen molar-refractivity contribution in [3.05, 3.63) is 34.9 Å². The molecule has 1 amide bonds. The zero-order chi connectivity index (χ0) is 16.9. The minimum atomic E-state index is -1.47. The van der Waals surface area contributed by atoms with Gasteiger partial charge in [0.2, 0.25) is 5.91 Å². The van der Waals surface area contributed by atoms with E-state index in [9.17, 15) is 14.7 Å². The number of carbonyl (C=O) groups is 2. The second kappa shape index (κ2) is 7.79. The van der Waals surface area contributed by atoms with Crippen LogP contribution < -0.4 is 5.32 Å². The molecule has 0 spiro atoms. The minimum absolute atomic E-state index is 0.108. The molecule has 0 radical (unpaired) electrons. The Hall–Kier alpha value is -1.59. The molecule has 0 saturated heterocycles. The standard InChI is InChI=1S/C17H22ClNO4/c1-2-17(16(21)22,12-7-9-13(18)10-8-12)19-15(20)11-23-14-5-3-4-6-14/h7-10,14H,2-6,11H2,1H3,(H,19,20)(H,21,22). The average molecular weight is 340 g/mol. The van der Waals surface area contributed by atoms with Gasteiger partial charge in [0, 0.05) is 5.02 Å². The van der Waals surface area contributed by atoms with Crippen molar-refractivity contribution in [2.24, 2.45) is 0 Å². The van der Waals surface area contributed by atoms with Crippen LogP contribution in [0.2, 0.25) is 5.02 Å². The molecule has 0 bridgehead atoms. The molecule has 1 unspecified atom stereocenters. The van der Waals surface area contributed by atoms with Gasteiger partial charge in [-0.2, -0.15) is 0 Å². The van der Waals surface area contributed by atoms with Gasteiger partial charge in [-0.3, -0.25) is 4.79 Å². The highest BCUT2D eigenvalue weighted by molar-refractivity contribution is 6.30. The van der Waals surface area contributed by atoms with Crippen molar-refractivity contribution in [2.45, 2.75) is 50.7 Å². The monoisotopic (exact) mass is 339 g/mol. The molecule has 2 rings (SSSR count). The molecule has 1 aliphatic carbocycles. The number of carboxylic acids is 1. The van der Waals surface area contributed by atoms with Gasteiger partial charge in [0.15, 0.2) is 5.54 Å². The first-order valence-corrected chi connectivity index (χ1v) is 8.28. The van der Waals surface area contributed by atoms with Crippen LogP contribution >= 0.6 is 11.6 Å². The molecule has 1 aliphatic rings. The lowest BCUT2D eigenvalue weighted by Gasteiger charge is -2.30. The summed E-state index contributed by atoms with van der Waals surface area (Å²) >= 11 is 5.86. The fourth-order valence-corrected chi connectivity index (χ4v) is 3.08. The van der Waals surface area contributed by atoms with E-state index in [0.717, 1.165) is 25.7 Å². The summed E-state index contributed by atoms with van der Waals surface area (Å²) in [5.74, 6) is -1.52. The fourth-order valence-electron chi connectivity index (χ4n) is 2.95. The number of ether oxygens (including phenoxy) is 1. The number of hydrogen-bond donors (Lipinski definition) is 2. The predicted octanol–water partition coefficient (Wildman–Crippen LogP) is 3.11. The smallest absolute Gasteiger partial charge is 0.334 e. The normalized spacial score (nSPS) is 17.7. The summed E-state index contributed by atoms with van der Waals surface area (Å²) < 4.78 is 5.56. The summed E-state index contributed by atoms with van der Waals surface area (Å²) in [6.45, 7) is 1.61. The van der Waals surface area contributed by atoms with Gasteiger partial charge in [0.25, 0.3) is 0 Å². The Labute approximate surface area is 141 Å². The van der Waals surface area contributed by atoms with Crippen LogP contribution in [0, 0.1) is 0 Å². The molecular formula is C17H22ClNO4. The molecule has 0 aliphatic heterocycles. The predicted molar refractivity (Wildman–Crippen MR) is 87.4 cm³/mol.